The molecule has 1 aliphatic heterocycles. The number of benzene rings is 1. The van der Waals surface area contributed by atoms with Gasteiger partial charge in [0.15, 0.2) is 0 Å². The van der Waals surface area contributed by atoms with Crippen molar-refractivity contribution in [3.63, 3.8) is 0 Å². The maximum atomic E-state index is 14.1. The van der Waals surface area contributed by atoms with E-state index in [0.717, 1.165) is 18.8 Å². The molecular formula is C18H27FN2. The van der Waals surface area contributed by atoms with Crippen LogP contribution in [0.4, 0.5) is 10.1 Å². The molecule has 0 bridgehead atoms. The molecule has 1 saturated heterocycles. The predicted octanol–water partition coefficient (Wildman–Crippen LogP) is 4.40. The van der Waals surface area contributed by atoms with E-state index in [1.54, 1.807) is 0 Å². The van der Waals surface area contributed by atoms with Crippen molar-refractivity contribution in [1.29, 1.82) is 0 Å². The third kappa shape index (κ3) is 2.94. The van der Waals surface area contributed by atoms with Gasteiger partial charge < -0.3 is 10.6 Å². The third-order valence-corrected chi connectivity index (χ3v) is 5.56. The van der Waals surface area contributed by atoms with Crippen LogP contribution < -0.4 is 10.6 Å². The zero-order chi connectivity index (χ0) is 14.9. The summed E-state index contributed by atoms with van der Waals surface area (Å²) in [6, 6.07) is 5.10. The Labute approximate surface area is 127 Å². The summed E-state index contributed by atoms with van der Waals surface area (Å²) < 4.78 is 14.1. The van der Waals surface area contributed by atoms with Crippen LogP contribution in [0.1, 0.15) is 63.5 Å². The van der Waals surface area contributed by atoms with Crippen LogP contribution in [0.25, 0.3) is 0 Å². The SMILES string of the molecule is CC(N)c1c(F)cccc1N1CCC2(CCCCC2)CC1. The smallest absolute Gasteiger partial charge is 0.130 e. The highest BCUT2D eigenvalue weighted by atomic mass is 19.1. The number of hydrogen-bond donors (Lipinski definition) is 1. The van der Waals surface area contributed by atoms with E-state index in [1.165, 1.54) is 51.0 Å². The first-order valence-electron chi connectivity index (χ1n) is 8.40. The molecule has 1 spiro atoms. The lowest BCUT2D eigenvalue weighted by atomic mass is 9.68. The first-order chi connectivity index (χ1) is 10.1. The molecule has 2 nitrogen and oxygen atoms in total. The summed E-state index contributed by atoms with van der Waals surface area (Å²) in [7, 11) is 0. The highest BCUT2D eigenvalue weighted by Gasteiger charge is 2.36. The second-order valence-electron chi connectivity index (χ2n) is 7.01. The lowest BCUT2D eigenvalue weighted by Gasteiger charge is -2.45. The van der Waals surface area contributed by atoms with E-state index in [2.05, 4.69) is 4.90 Å². The summed E-state index contributed by atoms with van der Waals surface area (Å²) in [5.41, 5.74) is 8.26. The quantitative estimate of drug-likeness (QED) is 0.875. The number of piperidine rings is 1. The Morgan fingerprint density at radius 3 is 2.38 bits per heavy atom. The van der Waals surface area contributed by atoms with E-state index < -0.39 is 0 Å². The van der Waals surface area contributed by atoms with Crippen LogP contribution in [-0.4, -0.2) is 13.1 Å². The minimum Gasteiger partial charge on any atom is -0.371 e. The fraction of sp³-hybridized carbons (Fsp3) is 0.667. The first kappa shape index (κ1) is 14.8. The van der Waals surface area contributed by atoms with Crippen molar-refractivity contribution >= 4 is 5.69 Å². The van der Waals surface area contributed by atoms with Gasteiger partial charge in [-0.3, -0.25) is 0 Å². The Kier molecular flexibility index (Phi) is 4.21. The first-order valence-corrected chi connectivity index (χ1v) is 8.40. The maximum Gasteiger partial charge on any atom is 0.130 e. The highest BCUT2D eigenvalue weighted by Crippen LogP contribution is 2.45. The summed E-state index contributed by atoms with van der Waals surface area (Å²) in [6.45, 7) is 3.96. The summed E-state index contributed by atoms with van der Waals surface area (Å²) in [6.07, 6.45) is 9.48. The Morgan fingerprint density at radius 1 is 1.10 bits per heavy atom. The van der Waals surface area contributed by atoms with Crippen molar-refractivity contribution < 1.29 is 4.39 Å². The van der Waals surface area contributed by atoms with Gasteiger partial charge in [-0.15, -0.1) is 0 Å². The predicted molar refractivity (Wildman–Crippen MR) is 86.0 cm³/mol. The summed E-state index contributed by atoms with van der Waals surface area (Å²) >= 11 is 0. The van der Waals surface area contributed by atoms with Gasteiger partial charge in [0.2, 0.25) is 0 Å². The van der Waals surface area contributed by atoms with Crippen LogP contribution in [0.5, 0.6) is 0 Å². The topological polar surface area (TPSA) is 29.3 Å². The van der Waals surface area contributed by atoms with Crippen LogP contribution in [0.15, 0.2) is 18.2 Å². The van der Waals surface area contributed by atoms with Gasteiger partial charge in [0.05, 0.1) is 0 Å². The van der Waals surface area contributed by atoms with Crippen molar-refractivity contribution in [2.24, 2.45) is 11.1 Å². The fourth-order valence-electron chi connectivity index (χ4n) is 4.28. The molecule has 1 aliphatic carbocycles. The normalized spacial score (nSPS) is 23.3. The van der Waals surface area contributed by atoms with E-state index in [9.17, 15) is 4.39 Å². The molecule has 1 atom stereocenters. The molecule has 2 fully saturated rings. The molecule has 1 unspecified atom stereocenters. The molecule has 116 valence electrons. The number of nitrogens with two attached hydrogens (primary N) is 1. The molecule has 0 amide bonds. The van der Waals surface area contributed by atoms with Crippen molar-refractivity contribution in [1.82, 2.24) is 0 Å². The number of hydrogen-bond acceptors (Lipinski definition) is 2. The minimum absolute atomic E-state index is 0.166. The van der Waals surface area contributed by atoms with Crippen LogP contribution in [-0.2, 0) is 0 Å². The standard InChI is InChI=1S/C18H27FN2/c1-14(20)17-15(19)6-5-7-16(17)21-12-10-18(11-13-21)8-3-2-4-9-18/h5-7,14H,2-4,8-13,20H2,1H3. The molecule has 0 radical (unpaired) electrons. The van der Waals surface area contributed by atoms with Gasteiger partial charge in [0, 0.05) is 30.4 Å². The van der Waals surface area contributed by atoms with Crippen molar-refractivity contribution in [3.05, 3.63) is 29.6 Å². The number of anilines is 1. The molecular weight excluding hydrogens is 263 g/mol. The van der Waals surface area contributed by atoms with E-state index in [1.807, 2.05) is 19.1 Å². The second-order valence-corrected chi connectivity index (χ2v) is 7.01. The van der Waals surface area contributed by atoms with Crippen LogP contribution in [0, 0.1) is 11.2 Å². The zero-order valence-electron chi connectivity index (χ0n) is 13.1. The van der Waals surface area contributed by atoms with Gasteiger partial charge in [0.25, 0.3) is 0 Å². The Balaban J connectivity index is 1.76. The molecule has 1 saturated carbocycles. The molecule has 0 aromatic heterocycles. The van der Waals surface area contributed by atoms with E-state index in [0.29, 0.717) is 11.0 Å². The van der Waals surface area contributed by atoms with E-state index in [4.69, 9.17) is 5.73 Å². The van der Waals surface area contributed by atoms with Crippen molar-refractivity contribution in [2.45, 2.75) is 57.9 Å². The molecule has 21 heavy (non-hydrogen) atoms. The van der Waals surface area contributed by atoms with Gasteiger partial charge in [-0.05, 0) is 50.2 Å². The van der Waals surface area contributed by atoms with Crippen LogP contribution in [0.2, 0.25) is 0 Å². The molecule has 1 aromatic rings. The molecule has 1 aromatic carbocycles. The Bertz CT molecular complexity index is 482. The maximum absolute atomic E-state index is 14.1. The molecule has 2 aliphatic rings. The average molecular weight is 290 g/mol. The monoisotopic (exact) mass is 290 g/mol. The average Bonchev–Trinajstić information content (AvgIpc) is 2.48. The summed E-state index contributed by atoms with van der Waals surface area (Å²) in [5, 5.41) is 0. The Morgan fingerprint density at radius 2 is 1.76 bits per heavy atom. The van der Waals surface area contributed by atoms with E-state index in [-0.39, 0.29) is 11.9 Å². The minimum atomic E-state index is -0.258. The number of halogens is 1. The van der Waals surface area contributed by atoms with Crippen LogP contribution in [0.3, 0.4) is 0 Å². The molecule has 3 rings (SSSR count). The number of nitrogens with zero attached hydrogens (tertiary/aromatic N) is 1. The third-order valence-electron chi connectivity index (χ3n) is 5.56. The summed E-state index contributed by atoms with van der Waals surface area (Å²) in [5.74, 6) is -0.166. The van der Waals surface area contributed by atoms with E-state index >= 15 is 0 Å². The highest BCUT2D eigenvalue weighted by molar-refractivity contribution is 5.55. The van der Waals surface area contributed by atoms with Crippen molar-refractivity contribution in [2.75, 3.05) is 18.0 Å². The van der Waals surface area contributed by atoms with Gasteiger partial charge in [-0.25, -0.2) is 4.39 Å². The molecule has 2 N–H and O–H groups in total. The van der Waals surface area contributed by atoms with Crippen LogP contribution >= 0.6 is 0 Å². The zero-order valence-corrected chi connectivity index (χ0v) is 13.1. The molecule has 1 heterocycles. The van der Waals surface area contributed by atoms with Gasteiger partial charge in [-0.1, -0.05) is 25.3 Å². The number of rotatable bonds is 2. The Hall–Kier alpha value is -1.09. The second kappa shape index (κ2) is 5.96. The summed E-state index contributed by atoms with van der Waals surface area (Å²) in [4.78, 5) is 2.35. The largest absolute Gasteiger partial charge is 0.371 e. The lowest BCUT2D eigenvalue weighted by molar-refractivity contribution is 0.144. The molecule has 3 heteroatoms. The van der Waals surface area contributed by atoms with Gasteiger partial charge in [0.1, 0.15) is 5.82 Å². The van der Waals surface area contributed by atoms with Gasteiger partial charge >= 0.3 is 0 Å². The lowest BCUT2D eigenvalue weighted by Crippen LogP contribution is -2.41. The van der Waals surface area contributed by atoms with Gasteiger partial charge in [-0.2, -0.15) is 0 Å². The van der Waals surface area contributed by atoms with Crippen molar-refractivity contribution in [3.8, 4) is 0 Å². The fourth-order valence-corrected chi connectivity index (χ4v) is 4.28.